The molecule has 7 nitrogen and oxygen atoms in total. The lowest BCUT2D eigenvalue weighted by Crippen LogP contribution is -2.46. The van der Waals surface area contributed by atoms with E-state index in [-0.39, 0.29) is 24.8 Å². The van der Waals surface area contributed by atoms with Crippen LogP contribution in [-0.2, 0) is 26.0 Å². The molecule has 0 spiro atoms. The molecule has 2 N–H and O–H groups in total. The molecular formula is C19H26N2O5S. The first-order valence-electron chi connectivity index (χ1n) is 9.06. The first-order chi connectivity index (χ1) is 12.5. The second-order valence-corrected chi connectivity index (χ2v) is 10.4. The van der Waals surface area contributed by atoms with Crippen molar-refractivity contribution in [2.75, 3.05) is 6.61 Å². The monoisotopic (exact) mass is 394 g/mol. The van der Waals surface area contributed by atoms with Crippen LogP contribution in [0, 0.1) is 0 Å². The molecule has 2 fully saturated rings. The molecule has 0 radical (unpaired) electrons. The fraction of sp³-hybridized carbons (Fsp3) is 0.579. The van der Waals surface area contributed by atoms with Gasteiger partial charge in [0.15, 0.2) is 0 Å². The van der Waals surface area contributed by atoms with Crippen LogP contribution in [-0.4, -0.2) is 47.3 Å². The molecule has 0 saturated carbocycles. The average molecular weight is 394 g/mol. The van der Waals surface area contributed by atoms with Gasteiger partial charge in [0.05, 0.1) is 24.1 Å². The number of hydrogen-bond donors (Lipinski definition) is 2. The summed E-state index contributed by atoms with van der Waals surface area (Å²) in [6.45, 7) is 4.97. The highest BCUT2D eigenvalue weighted by Crippen LogP contribution is 2.40. The molecule has 27 heavy (non-hydrogen) atoms. The summed E-state index contributed by atoms with van der Waals surface area (Å²) in [7, 11) is -3.76. The van der Waals surface area contributed by atoms with Crippen molar-refractivity contribution in [3.63, 3.8) is 0 Å². The zero-order valence-electron chi connectivity index (χ0n) is 15.9. The molecule has 2 amide bonds. The van der Waals surface area contributed by atoms with E-state index in [2.05, 4.69) is 5.32 Å². The molecule has 148 valence electrons. The molecule has 2 aliphatic heterocycles. The van der Waals surface area contributed by atoms with E-state index in [0.29, 0.717) is 24.8 Å². The first kappa shape index (κ1) is 19.8. The molecule has 0 aliphatic carbocycles. The van der Waals surface area contributed by atoms with Crippen LogP contribution >= 0.6 is 0 Å². The van der Waals surface area contributed by atoms with E-state index in [1.807, 2.05) is 0 Å². The van der Waals surface area contributed by atoms with Crippen molar-refractivity contribution in [3.05, 3.63) is 35.4 Å². The molecule has 2 atom stereocenters. The SMILES string of the molecule is CC(C)(C)N1C(=O)CC(c2ccc(CC3(CO)CCC(=O)N3)cc2)S1(=O)=O. The van der Waals surface area contributed by atoms with Crippen LogP contribution in [0.3, 0.4) is 0 Å². The number of carbonyl (C=O) groups excluding carboxylic acids is 2. The van der Waals surface area contributed by atoms with Gasteiger partial charge in [-0.25, -0.2) is 12.7 Å². The second kappa shape index (κ2) is 6.60. The minimum absolute atomic E-state index is 0.0599. The third kappa shape index (κ3) is 3.60. The highest BCUT2D eigenvalue weighted by atomic mass is 32.2. The van der Waals surface area contributed by atoms with E-state index >= 15 is 0 Å². The van der Waals surface area contributed by atoms with Crippen LogP contribution in [0.1, 0.15) is 56.4 Å². The van der Waals surface area contributed by atoms with E-state index in [9.17, 15) is 23.1 Å². The van der Waals surface area contributed by atoms with E-state index < -0.39 is 26.4 Å². The van der Waals surface area contributed by atoms with Crippen LogP contribution in [0.25, 0.3) is 0 Å². The largest absolute Gasteiger partial charge is 0.394 e. The molecule has 8 heteroatoms. The minimum Gasteiger partial charge on any atom is -0.394 e. The molecule has 2 heterocycles. The molecule has 1 aromatic carbocycles. The lowest BCUT2D eigenvalue weighted by Gasteiger charge is -2.30. The van der Waals surface area contributed by atoms with Crippen molar-refractivity contribution in [1.29, 1.82) is 0 Å². The van der Waals surface area contributed by atoms with Gasteiger partial charge in [0, 0.05) is 6.42 Å². The molecule has 1 aromatic rings. The van der Waals surface area contributed by atoms with Crippen molar-refractivity contribution in [3.8, 4) is 0 Å². The van der Waals surface area contributed by atoms with Crippen LogP contribution in [0.5, 0.6) is 0 Å². The second-order valence-electron chi connectivity index (χ2n) is 8.47. The fourth-order valence-electron chi connectivity index (χ4n) is 3.98. The average Bonchev–Trinajstić information content (AvgIpc) is 3.04. The molecular weight excluding hydrogens is 368 g/mol. The van der Waals surface area contributed by atoms with Gasteiger partial charge in [-0.2, -0.15) is 0 Å². The van der Waals surface area contributed by atoms with Gasteiger partial charge >= 0.3 is 0 Å². The minimum atomic E-state index is -3.76. The van der Waals surface area contributed by atoms with Crippen LogP contribution < -0.4 is 5.32 Å². The highest BCUT2D eigenvalue weighted by Gasteiger charge is 2.49. The Morgan fingerprint density at radius 3 is 2.30 bits per heavy atom. The number of nitrogens with one attached hydrogen (secondary N) is 1. The van der Waals surface area contributed by atoms with E-state index in [4.69, 9.17) is 0 Å². The normalized spacial score (nSPS) is 27.9. The number of hydrogen-bond acceptors (Lipinski definition) is 5. The number of aliphatic hydroxyl groups excluding tert-OH is 1. The predicted octanol–water partition coefficient (Wildman–Crippen LogP) is 1.27. The molecule has 2 aliphatic rings. The Morgan fingerprint density at radius 2 is 1.85 bits per heavy atom. The number of rotatable bonds is 4. The van der Waals surface area contributed by atoms with Gasteiger partial charge in [-0.3, -0.25) is 9.59 Å². The first-order valence-corrected chi connectivity index (χ1v) is 10.6. The highest BCUT2D eigenvalue weighted by molar-refractivity contribution is 7.90. The molecule has 0 bridgehead atoms. The molecule has 0 aromatic heterocycles. The van der Waals surface area contributed by atoms with E-state index in [0.717, 1.165) is 9.87 Å². The number of sulfonamides is 1. The van der Waals surface area contributed by atoms with Crippen molar-refractivity contribution >= 4 is 21.8 Å². The summed E-state index contributed by atoms with van der Waals surface area (Å²) < 4.78 is 26.7. The van der Waals surface area contributed by atoms with E-state index in [1.54, 1.807) is 45.0 Å². The Kier molecular flexibility index (Phi) is 4.84. The van der Waals surface area contributed by atoms with Crippen molar-refractivity contribution in [1.82, 2.24) is 9.62 Å². The number of nitrogens with zero attached hydrogens (tertiary/aromatic N) is 1. The van der Waals surface area contributed by atoms with Crippen molar-refractivity contribution in [2.45, 2.75) is 62.8 Å². The maximum atomic E-state index is 12.9. The maximum Gasteiger partial charge on any atom is 0.245 e. The quantitative estimate of drug-likeness (QED) is 0.800. The lowest BCUT2D eigenvalue weighted by atomic mass is 9.89. The smallest absolute Gasteiger partial charge is 0.245 e. The third-order valence-electron chi connectivity index (χ3n) is 5.24. The third-order valence-corrected chi connectivity index (χ3v) is 7.66. The predicted molar refractivity (Wildman–Crippen MR) is 100 cm³/mol. The number of aliphatic hydroxyl groups is 1. The summed E-state index contributed by atoms with van der Waals surface area (Å²) in [4.78, 5) is 23.8. The standard InChI is InChI=1S/C19H26N2O5S/c1-18(2,3)21-17(24)10-15(27(21,25)26)14-6-4-13(5-7-14)11-19(12-22)9-8-16(23)20-19/h4-7,15,22H,8-12H2,1-3H3,(H,20,23). The maximum absolute atomic E-state index is 12.9. The summed E-state index contributed by atoms with van der Waals surface area (Å²) in [6.07, 6.45) is 1.37. The summed E-state index contributed by atoms with van der Waals surface area (Å²) in [5.74, 6) is -0.456. The molecule has 3 rings (SSSR count). The number of carbonyl (C=O) groups is 2. The fourth-order valence-corrected chi connectivity index (χ4v) is 6.21. The van der Waals surface area contributed by atoms with Crippen molar-refractivity contribution < 1.29 is 23.1 Å². The van der Waals surface area contributed by atoms with Crippen LogP contribution in [0.15, 0.2) is 24.3 Å². The van der Waals surface area contributed by atoms with Gasteiger partial charge in [-0.15, -0.1) is 0 Å². The summed E-state index contributed by atoms with van der Waals surface area (Å²) in [6, 6.07) is 7.05. The lowest BCUT2D eigenvalue weighted by molar-refractivity contribution is -0.128. The van der Waals surface area contributed by atoms with Gasteiger partial charge in [-0.1, -0.05) is 24.3 Å². The Hall–Kier alpha value is -1.93. The zero-order valence-corrected chi connectivity index (χ0v) is 16.7. The Balaban J connectivity index is 1.82. The number of benzene rings is 1. The Bertz CT molecular complexity index is 857. The van der Waals surface area contributed by atoms with Gasteiger partial charge in [0.1, 0.15) is 5.25 Å². The Labute approximate surface area is 159 Å². The Morgan fingerprint density at radius 1 is 1.22 bits per heavy atom. The van der Waals surface area contributed by atoms with Gasteiger partial charge < -0.3 is 10.4 Å². The zero-order chi connectivity index (χ0) is 20.0. The van der Waals surface area contributed by atoms with Gasteiger partial charge in [-0.05, 0) is 44.7 Å². The summed E-state index contributed by atoms with van der Waals surface area (Å²) >= 11 is 0. The van der Waals surface area contributed by atoms with E-state index in [1.165, 1.54) is 0 Å². The molecule has 2 saturated heterocycles. The van der Waals surface area contributed by atoms with Crippen LogP contribution in [0.4, 0.5) is 0 Å². The summed E-state index contributed by atoms with van der Waals surface area (Å²) in [5, 5.41) is 11.7. The van der Waals surface area contributed by atoms with Crippen LogP contribution in [0.2, 0.25) is 0 Å². The van der Waals surface area contributed by atoms with Crippen molar-refractivity contribution in [2.24, 2.45) is 0 Å². The topological polar surface area (TPSA) is 104 Å². The molecule has 2 unspecified atom stereocenters. The number of amides is 2. The van der Waals surface area contributed by atoms with Gasteiger partial charge in [0.25, 0.3) is 0 Å². The van der Waals surface area contributed by atoms with Gasteiger partial charge in [0.2, 0.25) is 21.8 Å². The summed E-state index contributed by atoms with van der Waals surface area (Å²) in [5.41, 5.74) is 0.0206.